The molecule has 40 heavy (non-hydrogen) atoms. The summed E-state index contributed by atoms with van der Waals surface area (Å²) in [6.45, 7) is 7.07. The summed E-state index contributed by atoms with van der Waals surface area (Å²) in [4.78, 5) is 35.9. The lowest BCUT2D eigenvalue weighted by atomic mass is 10.0. The van der Waals surface area contributed by atoms with Gasteiger partial charge in [-0.25, -0.2) is 19.0 Å². The molecular weight excluding hydrogens is 517 g/mol. The topological polar surface area (TPSA) is 108 Å². The van der Waals surface area contributed by atoms with Crippen molar-refractivity contribution in [2.75, 3.05) is 57.9 Å². The van der Waals surface area contributed by atoms with E-state index < -0.39 is 5.97 Å². The lowest BCUT2D eigenvalue weighted by Crippen LogP contribution is -2.50. The van der Waals surface area contributed by atoms with Crippen LogP contribution in [0.15, 0.2) is 24.3 Å². The van der Waals surface area contributed by atoms with Gasteiger partial charge in [-0.1, -0.05) is 12.5 Å². The average molecular weight is 554 g/mol. The van der Waals surface area contributed by atoms with Gasteiger partial charge in [0, 0.05) is 38.8 Å². The minimum atomic E-state index is -0.530. The van der Waals surface area contributed by atoms with Crippen LogP contribution in [-0.2, 0) is 16.0 Å². The van der Waals surface area contributed by atoms with Gasteiger partial charge < -0.3 is 24.0 Å². The zero-order valence-electron chi connectivity index (χ0n) is 23.3. The smallest absolute Gasteiger partial charge is 0.409 e. The number of piperidine rings is 1. The Labute approximate surface area is 234 Å². The zero-order valence-corrected chi connectivity index (χ0v) is 23.3. The largest absolute Gasteiger partial charge is 0.494 e. The van der Waals surface area contributed by atoms with Crippen LogP contribution in [0.2, 0.25) is 0 Å². The van der Waals surface area contributed by atoms with Crippen molar-refractivity contribution in [1.29, 1.82) is 5.26 Å². The molecule has 0 aliphatic carbocycles. The van der Waals surface area contributed by atoms with Crippen molar-refractivity contribution in [3.8, 4) is 11.8 Å². The summed E-state index contributed by atoms with van der Waals surface area (Å²) in [5.41, 5.74) is 1.94. The van der Waals surface area contributed by atoms with E-state index in [2.05, 4.69) is 16.0 Å². The van der Waals surface area contributed by atoms with Gasteiger partial charge in [-0.3, -0.25) is 4.90 Å². The fourth-order valence-electron chi connectivity index (χ4n) is 5.17. The Hall–Kier alpha value is -3.91. The Morgan fingerprint density at radius 2 is 1.90 bits per heavy atom. The minimum Gasteiger partial charge on any atom is -0.494 e. The average Bonchev–Trinajstić information content (AvgIpc) is 2.96. The molecular formula is C29H36FN5O5. The fourth-order valence-corrected chi connectivity index (χ4v) is 5.17. The number of likely N-dealkylation sites (tertiary alicyclic amines) is 1. The third kappa shape index (κ3) is 6.80. The maximum absolute atomic E-state index is 14.2. The second-order valence-electron chi connectivity index (χ2n) is 9.96. The quantitative estimate of drug-likeness (QED) is 0.450. The van der Waals surface area contributed by atoms with Crippen molar-refractivity contribution in [2.24, 2.45) is 0 Å². The predicted octanol–water partition coefficient (Wildman–Crippen LogP) is 3.90. The lowest BCUT2D eigenvalue weighted by Gasteiger charge is -2.37. The Balaban J connectivity index is 1.34. The molecule has 1 atom stereocenters. The number of carbonyl (C=O) groups excluding carboxylic acids is 2. The highest BCUT2D eigenvalue weighted by molar-refractivity contribution is 5.95. The first-order chi connectivity index (χ1) is 19.3. The van der Waals surface area contributed by atoms with Crippen LogP contribution in [0.1, 0.15) is 53.4 Å². The molecule has 1 unspecified atom stereocenters. The number of aromatic nitrogens is 1. The Bertz CT molecular complexity index is 1260. The first-order valence-electron chi connectivity index (χ1n) is 13.7. The standard InChI is InChI=1S/C29H36FN5O5/c1-4-39-28(36)24-16-22(17-31)20(2)32-27(24)33-11-13-34(14-12-33)29(37)40-19-23-7-5-6-10-35(23)18-21-8-9-26(38-3)25(30)15-21/h8-9,15-16,23H,4-7,10-14,18-19H2,1-3H3. The molecule has 0 saturated carbocycles. The first-order valence-corrected chi connectivity index (χ1v) is 13.7. The number of rotatable bonds is 8. The molecule has 0 radical (unpaired) electrons. The van der Waals surface area contributed by atoms with Gasteiger partial charge in [0.1, 0.15) is 24.1 Å². The van der Waals surface area contributed by atoms with E-state index in [1.54, 1.807) is 24.8 Å². The summed E-state index contributed by atoms with van der Waals surface area (Å²) in [5.74, 6) is -0.247. The summed E-state index contributed by atoms with van der Waals surface area (Å²) in [6.07, 6.45) is 2.62. The highest BCUT2D eigenvalue weighted by atomic mass is 19.1. The second-order valence-corrected chi connectivity index (χ2v) is 9.96. The van der Waals surface area contributed by atoms with E-state index in [1.807, 2.05) is 11.0 Å². The number of amides is 1. The van der Waals surface area contributed by atoms with Crippen molar-refractivity contribution < 1.29 is 28.2 Å². The highest BCUT2D eigenvalue weighted by Gasteiger charge is 2.29. The third-order valence-corrected chi connectivity index (χ3v) is 7.40. The Kier molecular flexibility index (Phi) is 9.77. The van der Waals surface area contributed by atoms with E-state index in [4.69, 9.17) is 14.2 Å². The number of nitriles is 1. The van der Waals surface area contributed by atoms with Gasteiger partial charge in [0.05, 0.1) is 25.0 Å². The number of piperazine rings is 1. The van der Waals surface area contributed by atoms with Crippen LogP contribution >= 0.6 is 0 Å². The van der Waals surface area contributed by atoms with E-state index in [0.717, 1.165) is 31.4 Å². The van der Waals surface area contributed by atoms with Crippen LogP contribution in [0.5, 0.6) is 5.75 Å². The van der Waals surface area contributed by atoms with Gasteiger partial charge in [0.25, 0.3) is 0 Å². The molecule has 1 aromatic carbocycles. The minimum absolute atomic E-state index is 0.0575. The zero-order chi connectivity index (χ0) is 28.6. The van der Waals surface area contributed by atoms with Crippen molar-refractivity contribution in [1.82, 2.24) is 14.8 Å². The Morgan fingerprint density at radius 3 is 2.58 bits per heavy atom. The number of benzene rings is 1. The van der Waals surface area contributed by atoms with Crippen molar-refractivity contribution >= 4 is 17.9 Å². The number of hydrogen-bond acceptors (Lipinski definition) is 9. The highest BCUT2D eigenvalue weighted by Crippen LogP contribution is 2.25. The summed E-state index contributed by atoms with van der Waals surface area (Å²) < 4.78 is 30.1. The number of methoxy groups -OCH3 is 1. The number of ether oxygens (including phenoxy) is 3. The molecule has 0 N–H and O–H groups in total. The van der Waals surface area contributed by atoms with Gasteiger partial charge in [0.15, 0.2) is 11.6 Å². The molecule has 1 amide bonds. The summed E-state index contributed by atoms with van der Waals surface area (Å²) in [7, 11) is 1.44. The molecule has 0 bridgehead atoms. The van der Waals surface area contributed by atoms with E-state index >= 15 is 0 Å². The van der Waals surface area contributed by atoms with Crippen molar-refractivity contribution in [3.05, 3.63) is 52.5 Å². The van der Waals surface area contributed by atoms with E-state index in [0.29, 0.717) is 49.8 Å². The van der Waals surface area contributed by atoms with E-state index in [-0.39, 0.29) is 42.5 Å². The Morgan fingerprint density at radius 1 is 1.12 bits per heavy atom. The fraction of sp³-hybridized carbons (Fsp3) is 0.517. The number of nitrogens with zero attached hydrogens (tertiary/aromatic N) is 5. The van der Waals surface area contributed by atoms with Crippen LogP contribution in [0.3, 0.4) is 0 Å². The van der Waals surface area contributed by atoms with Gasteiger partial charge in [-0.15, -0.1) is 0 Å². The van der Waals surface area contributed by atoms with Gasteiger partial charge in [0.2, 0.25) is 0 Å². The maximum atomic E-state index is 14.2. The van der Waals surface area contributed by atoms with Gasteiger partial charge in [-0.2, -0.15) is 5.26 Å². The number of anilines is 1. The van der Waals surface area contributed by atoms with E-state index in [1.165, 1.54) is 19.2 Å². The van der Waals surface area contributed by atoms with Crippen LogP contribution in [0, 0.1) is 24.1 Å². The molecule has 1 aromatic heterocycles. The number of pyridine rings is 1. The molecule has 4 rings (SSSR count). The third-order valence-electron chi connectivity index (χ3n) is 7.40. The molecule has 10 nitrogen and oxygen atoms in total. The molecule has 0 spiro atoms. The number of halogens is 1. The van der Waals surface area contributed by atoms with Gasteiger partial charge >= 0.3 is 12.1 Å². The molecule has 214 valence electrons. The molecule has 2 aliphatic heterocycles. The SMILES string of the molecule is CCOC(=O)c1cc(C#N)c(C)nc1N1CCN(C(=O)OCC2CCCCN2Cc2ccc(OC)c(F)c2)CC1. The summed E-state index contributed by atoms with van der Waals surface area (Å²) >= 11 is 0. The summed E-state index contributed by atoms with van der Waals surface area (Å²) in [5, 5.41) is 9.38. The molecule has 2 aliphatic rings. The first kappa shape index (κ1) is 29.1. The van der Waals surface area contributed by atoms with E-state index in [9.17, 15) is 19.2 Å². The summed E-state index contributed by atoms with van der Waals surface area (Å²) in [6, 6.07) is 8.63. The number of esters is 1. The molecule has 3 heterocycles. The molecule has 2 aromatic rings. The number of carbonyl (C=O) groups is 2. The normalized spacial score (nSPS) is 17.7. The molecule has 11 heteroatoms. The maximum Gasteiger partial charge on any atom is 0.409 e. The van der Waals surface area contributed by atoms with Crippen LogP contribution < -0.4 is 9.64 Å². The predicted molar refractivity (Wildman–Crippen MR) is 146 cm³/mol. The van der Waals surface area contributed by atoms with Crippen LogP contribution in [-0.4, -0.2) is 85.9 Å². The molecule has 2 saturated heterocycles. The van der Waals surface area contributed by atoms with Gasteiger partial charge in [-0.05, 0) is 57.0 Å². The van der Waals surface area contributed by atoms with Crippen LogP contribution in [0.4, 0.5) is 15.0 Å². The monoisotopic (exact) mass is 553 g/mol. The lowest BCUT2D eigenvalue weighted by molar-refractivity contribution is 0.0453. The number of hydrogen-bond donors (Lipinski definition) is 0. The number of aryl methyl sites for hydroxylation is 1. The van der Waals surface area contributed by atoms with Crippen molar-refractivity contribution in [3.63, 3.8) is 0 Å². The van der Waals surface area contributed by atoms with Crippen molar-refractivity contribution in [2.45, 2.75) is 45.7 Å². The second kappa shape index (κ2) is 13.4. The van der Waals surface area contributed by atoms with Crippen LogP contribution in [0.25, 0.3) is 0 Å². The molecule has 2 fully saturated rings.